The van der Waals surface area contributed by atoms with Crippen molar-refractivity contribution in [2.24, 2.45) is 0 Å². The first-order valence-corrected chi connectivity index (χ1v) is 11.2. The molecule has 3 aromatic rings. The average molecular weight is 512 g/mol. The highest BCUT2D eigenvalue weighted by atomic mass is 35.5. The van der Waals surface area contributed by atoms with Crippen LogP contribution in [-0.2, 0) is 9.59 Å². The van der Waals surface area contributed by atoms with E-state index in [2.05, 4.69) is 5.32 Å². The molecule has 1 saturated heterocycles. The number of aromatic carboxylic acids is 1. The van der Waals surface area contributed by atoms with Crippen molar-refractivity contribution in [2.75, 3.05) is 4.90 Å². The van der Waals surface area contributed by atoms with E-state index >= 15 is 0 Å². The third kappa shape index (κ3) is 4.36. The van der Waals surface area contributed by atoms with Gasteiger partial charge in [0.2, 0.25) is 0 Å². The fourth-order valence-corrected chi connectivity index (χ4v) is 4.47. The van der Waals surface area contributed by atoms with Gasteiger partial charge in [0.05, 0.1) is 16.3 Å². The highest BCUT2D eigenvalue weighted by Gasteiger charge is 2.35. The van der Waals surface area contributed by atoms with Crippen LogP contribution in [0.5, 0.6) is 0 Å². The molecule has 1 aliphatic rings. The van der Waals surface area contributed by atoms with Gasteiger partial charge in [-0.3, -0.25) is 19.8 Å². The second kappa shape index (κ2) is 9.09. The SMILES string of the molecule is Cc1cc(C(=O)O)ccc1-n1c(C)cc(/C=C2\C(=O)NC(=S)N(c3ccc(F)c(Cl)c3)C2=O)c1C. The number of rotatable bonds is 4. The summed E-state index contributed by atoms with van der Waals surface area (Å²) in [4.78, 5) is 38.3. The molecule has 2 heterocycles. The summed E-state index contributed by atoms with van der Waals surface area (Å²) < 4.78 is 15.5. The average Bonchev–Trinajstić information content (AvgIpc) is 3.06. The number of carbonyl (C=O) groups is 3. The van der Waals surface area contributed by atoms with Crippen LogP contribution in [0.25, 0.3) is 11.8 Å². The van der Waals surface area contributed by atoms with E-state index in [-0.39, 0.29) is 27.0 Å². The summed E-state index contributed by atoms with van der Waals surface area (Å²) in [6.07, 6.45) is 1.47. The third-order valence-corrected chi connectivity index (χ3v) is 6.29. The zero-order valence-corrected chi connectivity index (χ0v) is 20.4. The molecule has 0 saturated carbocycles. The molecule has 0 aliphatic carbocycles. The summed E-state index contributed by atoms with van der Waals surface area (Å²) in [5, 5.41) is 11.4. The summed E-state index contributed by atoms with van der Waals surface area (Å²) in [5.74, 6) is -2.99. The Morgan fingerprint density at radius 1 is 1.11 bits per heavy atom. The molecule has 7 nitrogen and oxygen atoms in total. The number of nitrogens with zero attached hydrogens (tertiary/aromatic N) is 2. The zero-order chi connectivity index (χ0) is 25.6. The first-order valence-electron chi connectivity index (χ1n) is 10.4. The van der Waals surface area contributed by atoms with Crippen LogP contribution in [0.15, 0.2) is 48.0 Å². The molecule has 2 N–H and O–H groups in total. The van der Waals surface area contributed by atoms with Crippen molar-refractivity contribution in [3.05, 3.63) is 87.0 Å². The molecule has 10 heteroatoms. The maximum Gasteiger partial charge on any atom is 0.335 e. The Balaban J connectivity index is 1.77. The number of carbonyl (C=O) groups excluding carboxylic acids is 2. The van der Waals surface area contributed by atoms with Gasteiger partial charge in [0.25, 0.3) is 11.8 Å². The molecular formula is C25H19ClFN3O4S. The Labute approximate surface area is 210 Å². The van der Waals surface area contributed by atoms with Crippen molar-refractivity contribution >= 4 is 58.5 Å². The summed E-state index contributed by atoms with van der Waals surface area (Å²) >= 11 is 11.0. The lowest BCUT2D eigenvalue weighted by atomic mass is 10.1. The topological polar surface area (TPSA) is 91.6 Å². The van der Waals surface area contributed by atoms with Crippen LogP contribution in [0.4, 0.5) is 10.1 Å². The Kier molecular flexibility index (Phi) is 6.31. The van der Waals surface area contributed by atoms with Crippen molar-refractivity contribution in [2.45, 2.75) is 20.8 Å². The molecule has 2 amide bonds. The maximum absolute atomic E-state index is 13.6. The number of amides is 2. The third-order valence-electron chi connectivity index (χ3n) is 5.72. The molecule has 4 rings (SSSR count). The highest BCUT2D eigenvalue weighted by molar-refractivity contribution is 7.80. The maximum atomic E-state index is 13.6. The molecule has 0 spiro atoms. The molecule has 1 fully saturated rings. The smallest absolute Gasteiger partial charge is 0.335 e. The molecule has 0 bridgehead atoms. The fourth-order valence-electron chi connectivity index (χ4n) is 4.02. The first kappa shape index (κ1) is 24.3. The van der Waals surface area contributed by atoms with Gasteiger partial charge < -0.3 is 9.67 Å². The van der Waals surface area contributed by atoms with Gasteiger partial charge in [0.1, 0.15) is 11.4 Å². The molecule has 1 aromatic heterocycles. The molecule has 2 aromatic carbocycles. The summed E-state index contributed by atoms with van der Waals surface area (Å²) in [7, 11) is 0. The largest absolute Gasteiger partial charge is 0.478 e. The standard InChI is InChI=1S/C25H19ClFN3O4S/c1-12-8-15(24(33)34)4-7-21(12)29-13(2)9-16(14(29)3)10-18-22(31)28-25(35)30(23(18)32)17-5-6-20(27)19(26)11-17/h4-11H,1-3H3,(H,33,34)(H,28,31,35)/b18-10+. The van der Waals surface area contributed by atoms with E-state index in [9.17, 15) is 23.9 Å². The Morgan fingerprint density at radius 3 is 2.46 bits per heavy atom. The number of anilines is 1. The van der Waals surface area contributed by atoms with Crippen LogP contribution in [0.1, 0.15) is 32.9 Å². The van der Waals surface area contributed by atoms with Gasteiger partial charge in [-0.25, -0.2) is 9.18 Å². The van der Waals surface area contributed by atoms with Crippen LogP contribution in [0.3, 0.4) is 0 Å². The predicted molar refractivity (Wildman–Crippen MR) is 135 cm³/mol. The van der Waals surface area contributed by atoms with E-state index < -0.39 is 23.6 Å². The molecule has 0 unspecified atom stereocenters. The first-order chi connectivity index (χ1) is 16.5. The van der Waals surface area contributed by atoms with Gasteiger partial charge in [0.15, 0.2) is 5.11 Å². The van der Waals surface area contributed by atoms with Crippen LogP contribution < -0.4 is 10.2 Å². The highest BCUT2D eigenvalue weighted by Crippen LogP contribution is 2.29. The Hall–Kier alpha value is -3.82. The number of nitrogens with one attached hydrogen (secondary N) is 1. The number of carboxylic acid groups (broad SMARTS) is 1. The van der Waals surface area contributed by atoms with Crippen molar-refractivity contribution < 1.29 is 23.9 Å². The van der Waals surface area contributed by atoms with E-state index in [1.54, 1.807) is 12.1 Å². The van der Waals surface area contributed by atoms with Crippen LogP contribution in [0.2, 0.25) is 5.02 Å². The number of aryl methyl sites for hydroxylation is 2. The lowest BCUT2D eigenvalue weighted by Crippen LogP contribution is -2.54. The molecule has 178 valence electrons. The lowest BCUT2D eigenvalue weighted by molar-refractivity contribution is -0.122. The number of hydrogen-bond acceptors (Lipinski definition) is 4. The van der Waals surface area contributed by atoms with Crippen LogP contribution in [0, 0.1) is 26.6 Å². The van der Waals surface area contributed by atoms with E-state index in [1.165, 1.54) is 24.3 Å². The minimum absolute atomic E-state index is 0.139. The van der Waals surface area contributed by atoms with E-state index in [1.807, 2.05) is 31.4 Å². The predicted octanol–water partition coefficient (Wildman–Crippen LogP) is 4.72. The van der Waals surface area contributed by atoms with E-state index in [0.29, 0.717) is 5.56 Å². The monoisotopic (exact) mass is 511 g/mol. The van der Waals surface area contributed by atoms with Gasteiger partial charge in [-0.1, -0.05) is 11.6 Å². The molecule has 0 radical (unpaired) electrons. The van der Waals surface area contributed by atoms with Crippen molar-refractivity contribution in [3.8, 4) is 5.69 Å². The number of thiocarbonyl (C=S) groups is 1. The van der Waals surface area contributed by atoms with Gasteiger partial charge in [-0.05, 0) is 92.7 Å². The van der Waals surface area contributed by atoms with Crippen LogP contribution >= 0.6 is 23.8 Å². The number of carboxylic acids is 1. The van der Waals surface area contributed by atoms with Crippen molar-refractivity contribution in [3.63, 3.8) is 0 Å². The molecule has 35 heavy (non-hydrogen) atoms. The number of halogens is 2. The minimum atomic E-state index is -1.02. The Morgan fingerprint density at radius 2 is 1.83 bits per heavy atom. The zero-order valence-electron chi connectivity index (χ0n) is 18.8. The van der Waals surface area contributed by atoms with Crippen LogP contribution in [-0.4, -0.2) is 32.6 Å². The van der Waals surface area contributed by atoms with Gasteiger partial charge in [-0.2, -0.15) is 0 Å². The fraction of sp³-hybridized carbons (Fsp3) is 0.120. The quantitative estimate of drug-likeness (QED) is 0.300. The molecule has 0 atom stereocenters. The number of hydrogen-bond donors (Lipinski definition) is 2. The number of aromatic nitrogens is 1. The van der Waals surface area contributed by atoms with Gasteiger partial charge in [-0.15, -0.1) is 0 Å². The van der Waals surface area contributed by atoms with Gasteiger partial charge in [0, 0.05) is 17.1 Å². The summed E-state index contributed by atoms with van der Waals surface area (Å²) in [6.45, 7) is 5.51. The normalized spacial score (nSPS) is 15.1. The number of benzene rings is 2. The van der Waals surface area contributed by atoms with Gasteiger partial charge >= 0.3 is 5.97 Å². The van der Waals surface area contributed by atoms with E-state index in [0.717, 1.165) is 33.6 Å². The van der Waals surface area contributed by atoms with Crippen molar-refractivity contribution in [1.29, 1.82) is 0 Å². The summed E-state index contributed by atoms with van der Waals surface area (Å²) in [5.41, 5.74) is 3.95. The lowest BCUT2D eigenvalue weighted by Gasteiger charge is -2.29. The second-order valence-corrected chi connectivity index (χ2v) is 8.82. The van der Waals surface area contributed by atoms with E-state index in [4.69, 9.17) is 23.8 Å². The molecule has 1 aliphatic heterocycles. The molecular weight excluding hydrogens is 493 g/mol. The minimum Gasteiger partial charge on any atom is -0.478 e. The summed E-state index contributed by atoms with van der Waals surface area (Å²) in [6, 6.07) is 10.3. The van der Waals surface area contributed by atoms with Crippen molar-refractivity contribution in [1.82, 2.24) is 9.88 Å². The second-order valence-electron chi connectivity index (χ2n) is 8.02. The Bertz CT molecular complexity index is 1480.